The first-order valence-corrected chi connectivity index (χ1v) is 6.42. The summed E-state index contributed by atoms with van der Waals surface area (Å²) in [6.07, 6.45) is 3.62. The lowest BCUT2D eigenvalue weighted by molar-refractivity contribution is -0.117. The Bertz CT molecular complexity index is 542. The Kier molecular flexibility index (Phi) is 4.03. The van der Waals surface area contributed by atoms with Gasteiger partial charge in [-0.2, -0.15) is 0 Å². The van der Waals surface area contributed by atoms with Crippen molar-refractivity contribution >= 4 is 16.7 Å². The molecule has 0 aliphatic heterocycles. The second-order valence-electron chi connectivity index (χ2n) is 4.53. The normalized spacial score (nSPS) is 10.8. The van der Waals surface area contributed by atoms with Gasteiger partial charge < -0.3 is 9.30 Å². The van der Waals surface area contributed by atoms with Crippen LogP contribution in [-0.4, -0.2) is 17.0 Å². The standard InChI is InChI=1S/C15H19NO2/c1-3-10-18-14-4-5-15-13(11-14)7-9-16(15)8-6-12(2)17/h4-5,7,9,11H,3,6,8,10H2,1-2H3. The molecule has 18 heavy (non-hydrogen) atoms. The molecule has 0 radical (unpaired) electrons. The van der Waals surface area contributed by atoms with Gasteiger partial charge in [0.2, 0.25) is 0 Å². The molecule has 1 aromatic carbocycles. The van der Waals surface area contributed by atoms with Crippen LogP contribution < -0.4 is 4.74 Å². The molecule has 2 rings (SSSR count). The molecule has 96 valence electrons. The summed E-state index contributed by atoms with van der Waals surface area (Å²) in [4.78, 5) is 11.0. The summed E-state index contributed by atoms with van der Waals surface area (Å²) in [6.45, 7) is 5.21. The van der Waals surface area contributed by atoms with Gasteiger partial charge in [0, 0.05) is 30.1 Å². The summed E-state index contributed by atoms with van der Waals surface area (Å²) in [5, 5.41) is 1.16. The maximum Gasteiger partial charge on any atom is 0.131 e. The molecule has 0 saturated carbocycles. The molecule has 3 nitrogen and oxygen atoms in total. The number of aryl methyl sites for hydroxylation is 1. The van der Waals surface area contributed by atoms with E-state index in [0.717, 1.165) is 36.2 Å². The fourth-order valence-corrected chi connectivity index (χ4v) is 1.96. The van der Waals surface area contributed by atoms with Crippen LogP contribution in [0.3, 0.4) is 0 Å². The van der Waals surface area contributed by atoms with Crippen LogP contribution in [0.2, 0.25) is 0 Å². The number of Topliss-reactive ketones (excluding diaryl/α,β-unsaturated/α-hetero) is 1. The van der Waals surface area contributed by atoms with Gasteiger partial charge in [-0.3, -0.25) is 4.79 Å². The summed E-state index contributed by atoms with van der Waals surface area (Å²) in [5.41, 5.74) is 1.15. The first-order chi connectivity index (χ1) is 8.70. The summed E-state index contributed by atoms with van der Waals surface area (Å²) >= 11 is 0. The predicted molar refractivity (Wildman–Crippen MR) is 73.0 cm³/mol. The highest BCUT2D eigenvalue weighted by Gasteiger charge is 2.03. The number of benzene rings is 1. The first-order valence-electron chi connectivity index (χ1n) is 6.42. The van der Waals surface area contributed by atoms with E-state index in [1.807, 2.05) is 12.3 Å². The third-order valence-electron chi connectivity index (χ3n) is 2.92. The van der Waals surface area contributed by atoms with E-state index in [2.05, 4.69) is 29.7 Å². The van der Waals surface area contributed by atoms with E-state index in [-0.39, 0.29) is 5.78 Å². The number of aromatic nitrogens is 1. The smallest absolute Gasteiger partial charge is 0.131 e. The molecule has 0 amide bonds. The van der Waals surface area contributed by atoms with Crippen molar-refractivity contribution in [1.29, 1.82) is 0 Å². The van der Waals surface area contributed by atoms with Gasteiger partial charge in [-0.25, -0.2) is 0 Å². The SMILES string of the molecule is CCCOc1ccc2c(ccn2CCC(C)=O)c1. The second-order valence-corrected chi connectivity index (χ2v) is 4.53. The number of ether oxygens (including phenoxy) is 1. The van der Waals surface area contributed by atoms with Crippen molar-refractivity contribution < 1.29 is 9.53 Å². The quantitative estimate of drug-likeness (QED) is 0.781. The van der Waals surface area contributed by atoms with Crippen LogP contribution in [0.1, 0.15) is 26.7 Å². The number of fused-ring (bicyclic) bond motifs is 1. The molecule has 0 saturated heterocycles. The van der Waals surface area contributed by atoms with E-state index in [1.165, 1.54) is 0 Å². The van der Waals surface area contributed by atoms with Crippen molar-refractivity contribution in [3.05, 3.63) is 30.5 Å². The summed E-state index contributed by atoms with van der Waals surface area (Å²) < 4.78 is 7.72. The van der Waals surface area contributed by atoms with Gasteiger partial charge in [0.05, 0.1) is 6.61 Å². The van der Waals surface area contributed by atoms with Crippen molar-refractivity contribution in [1.82, 2.24) is 4.57 Å². The zero-order valence-corrected chi connectivity index (χ0v) is 11.0. The van der Waals surface area contributed by atoms with Crippen LogP contribution in [0.25, 0.3) is 10.9 Å². The zero-order chi connectivity index (χ0) is 13.0. The van der Waals surface area contributed by atoms with Crippen molar-refractivity contribution in [2.75, 3.05) is 6.61 Å². The Morgan fingerprint density at radius 2 is 2.17 bits per heavy atom. The number of carbonyl (C=O) groups excluding carboxylic acids is 1. The Hall–Kier alpha value is -1.77. The largest absolute Gasteiger partial charge is 0.494 e. The fraction of sp³-hybridized carbons (Fsp3) is 0.400. The van der Waals surface area contributed by atoms with Gasteiger partial charge in [-0.05, 0) is 37.6 Å². The molecule has 2 aromatic rings. The summed E-state index contributed by atoms with van der Waals surface area (Å²) in [6, 6.07) is 8.16. The molecular formula is C15H19NO2. The van der Waals surface area contributed by atoms with Crippen LogP contribution in [0, 0.1) is 0 Å². The Labute approximate surface area is 107 Å². The predicted octanol–water partition coefficient (Wildman–Crippen LogP) is 3.41. The molecule has 0 fully saturated rings. The molecule has 0 bridgehead atoms. The van der Waals surface area contributed by atoms with Crippen LogP contribution >= 0.6 is 0 Å². The lowest BCUT2D eigenvalue weighted by atomic mass is 10.2. The van der Waals surface area contributed by atoms with Crippen LogP contribution in [0.4, 0.5) is 0 Å². The molecule has 1 heterocycles. The van der Waals surface area contributed by atoms with E-state index in [9.17, 15) is 4.79 Å². The van der Waals surface area contributed by atoms with E-state index >= 15 is 0 Å². The third-order valence-corrected chi connectivity index (χ3v) is 2.92. The Balaban J connectivity index is 2.18. The summed E-state index contributed by atoms with van der Waals surface area (Å²) in [7, 11) is 0. The number of nitrogens with zero attached hydrogens (tertiary/aromatic N) is 1. The molecule has 0 unspecified atom stereocenters. The molecular weight excluding hydrogens is 226 g/mol. The number of ketones is 1. The molecule has 1 aromatic heterocycles. The minimum absolute atomic E-state index is 0.222. The molecule has 0 aliphatic carbocycles. The fourth-order valence-electron chi connectivity index (χ4n) is 1.96. The number of rotatable bonds is 6. The van der Waals surface area contributed by atoms with E-state index < -0.39 is 0 Å². The average Bonchev–Trinajstić information content (AvgIpc) is 2.76. The number of hydrogen-bond acceptors (Lipinski definition) is 2. The third kappa shape index (κ3) is 2.92. The van der Waals surface area contributed by atoms with Crippen molar-refractivity contribution in [3.63, 3.8) is 0 Å². The topological polar surface area (TPSA) is 31.2 Å². The Morgan fingerprint density at radius 1 is 1.33 bits per heavy atom. The van der Waals surface area contributed by atoms with Crippen molar-refractivity contribution in [3.8, 4) is 5.75 Å². The maximum atomic E-state index is 11.0. The average molecular weight is 245 g/mol. The number of carbonyl (C=O) groups is 1. The summed E-state index contributed by atoms with van der Waals surface area (Å²) in [5.74, 6) is 1.13. The molecule has 0 aliphatic rings. The maximum absolute atomic E-state index is 11.0. The minimum Gasteiger partial charge on any atom is -0.494 e. The highest BCUT2D eigenvalue weighted by Crippen LogP contribution is 2.22. The monoisotopic (exact) mass is 245 g/mol. The lowest BCUT2D eigenvalue weighted by Crippen LogP contribution is -2.01. The first kappa shape index (κ1) is 12.7. The van der Waals surface area contributed by atoms with Gasteiger partial charge in [0.25, 0.3) is 0 Å². The number of hydrogen-bond donors (Lipinski definition) is 0. The lowest BCUT2D eigenvalue weighted by Gasteiger charge is -2.06. The van der Waals surface area contributed by atoms with E-state index in [0.29, 0.717) is 6.42 Å². The van der Waals surface area contributed by atoms with Crippen molar-refractivity contribution in [2.45, 2.75) is 33.2 Å². The van der Waals surface area contributed by atoms with Gasteiger partial charge in [0.1, 0.15) is 11.5 Å². The highest BCUT2D eigenvalue weighted by molar-refractivity contribution is 5.82. The highest BCUT2D eigenvalue weighted by atomic mass is 16.5. The zero-order valence-electron chi connectivity index (χ0n) is 11.0. The molecule has 0 spiro atoms. The van der Waals surface area contributed by atoms with Crippen molar-refractivity contribution in [2.24, 2.45) is 0 Å². The second kappa shape index (κ2) is 5.71. The molecule has 0 atom stereocenters. The Morgan fingerprint density at radius 3 is 2.89 bits per heavy atom. The van der Waals surface area contributed by atoms with E-state index in [4.69, 9.17) is 4.74 Å². The van der Waals surface area contributed by atoms with Gasteiger partial charge in [0.15, 0.2) is 0 Å². The molecule has 3 heteroatoms. The van der Waals surface area contributed by atoms with Gasteiger partial charge in [-0.15, -0.1) is 0 Å². The van der Waals surface area contributed by atoms with Crippen LogP contribution in [0.15, 0.2) is 30.5 Å². The van der Waals surface area contributed by atoms with Crippen LogP contribution in [0.5, 0.6) is 5.75 Å². The van der Waals surface area contributed by atoms with Crippen LogP contribution in [-0.2, 0) is 11.3 Å². The van der Waals surface area contributed by atoms with Gasteiger partial charge in [-0.1, -0.05) is 6.92 Å². The van der Waals surface area contributed by atoms with E-state index in [1.54, 1.807) is 6.92 Å². The molecule has 0 N–H and O–H groups in total. The minimum atomic E-state index is 0.222. The van der Waals surface area contributed by atoms with Gasteiger partial charge >= 0.3 is 0 Å².